The Morgan fingerprint density at radius 2 is 1.67 bits per heavy atom. The van der Waals surface area contributed by atoms with Crippen LogP contribution in [0.1, 0.15) is 32.6 Å². The molecular formula is C14H20O3S. The summed E-state index contributed by atoms with van der Waals surface area (Å²) in [5.74, 6) is 1.36. The lowest BCUT2D eigenvalue weighted by atomic mass is 9.84. The Kier molecular flexibility index (Phi) is 3.95. The van der Waals surface area contributed by atoms with Crippen LogP contribution in [-0.4, -0.2) is 19.3 Å². The molecule has 4 heteroatoms. The maximum Gasteiger partial charge on any atom is 0.178 e. The molecule has 0 aromatic heterocycles. The molecule has 0 saturated heterocycles. The summed E-state index contributed by atoms with van der Waals surface area (Å²) in [6.07, 6.45) is 4.29. The number of sulfone groups is 1. The number of benzene rings is 1. The van der Waals surface area contributed by atoms with E-state index in [1.54, 1.807) is 0 Å². The van der Waals surface area contributed by atoms with Gasteiger partial charge in [-0.3, -0.25) is 0 Å². The van der Waals surface area contributed by atoms with Gasteiger partial charge in [-0.2, -0.15) is 0 Å². The monoisotopic (exact) mass is 268 g/mol. The number of hydrogen-bond donors (Lipinski definition) is 1. The largest absolute Gasteiger partial charge is 0.508 e. The lowest BCUT2D eigenvalue weighted by molar-refractivity contribution is 0.308. The predicted molar refractivity (Wildman–Crippen MR) is 71.3 cm³/mol. The van der Waals surface area contributed by atoms with Gasteiger partial charge in [0.25, 0.3) is 0 Å². The molecule has 0 bridgehead atoms. The summed E-state index contributed by atoms with van der Waals surface area (Å²) in [6, 6.07) is 5.82. The second-order valence-corrected chi connectivity index (χ2v) is 7.44. The molecule has 1 saturated carbocycles. The van der Waals surface area contributed by atoms with Crippen LogP contribution in [-0.2, 0) is 9.84 Å². The molecular weight excluding hydrogens is 248 g/mol. The van der Waals surface area contributed by atoms with Crippen LogP contribution < -0.4 is 0 Å². The molecule has 18 heavy (non-hydrogen) atoms. The highest BCUT2D eigenvalue weighted by Gasteiger charge is 2.24. The first-order valence-electron chi connectivity index (χ1n) is 6.49. The summed E-state index contributed by atoms with van der Waals surface area (Å²) in [5, 5.41) is 9.18. The maximum atomic E-state index is 12.2. The zero-order valence-electron chi connectivity index (χ0n) is 10.7. The van der Waals surface area contributed by atoms with E-state index in [2.05, 4.69) is 6.92 Å². The number of aromatic hydroxyl groups is 1. The number of phenolic OH excluding ortho intramolecular Hbond substituents is 1. The van der Waals surface area contributed by atoms with E-state index in [0.29, 0.717) is 10.8 Å². The molecule has 1 aromatic rings. The van der Waals surface area contributed by atoms with E-state index in [0.717, 1.165) is 31.6 Å². The Morgan fingerprint density at radius 3 is 2.22 bits per heavy atom. The van der Waals surface area contributed by atoms with Crippen LogP contribution in [0.5, 0.6) is 5.75 Å². The van der Waals surface area contributed by atoms with Crippen LogP contribution in [0, 0.1) is 11.8 Å². The standard InChI is InChI=1S/C14H20O3S/c1-11-2-4-12(5-3-11)10-18(16,17)14-8-6-13(15)7-9-14/h6-9,11-12,15H,2-5,10H2,1H3. The molecule has 100 valence electrons. The molecule has 0 atom stereocenters. The minimum atomic E-state index is -3.21. The lowest BCUT2D eigenvalue weighted by Gasteiger charge is -2.25. The molecule has 1 aliphatic carbocycles. The van der Waals surface area contributed by atoms with Gasteiger partial charge in [0.15, 0.2) is 9.84 Å². The van der Waals surface area contributed by atoms with Crippen molar-refractivity contribution in [1.82, 2.24) is 0 Å². The van der Waals surface area contributed by atoms with Gasteiger partial charge in [0, 0.05) is 0 Å². The van der Waals surface area contributed by atoms with Gasteiger partial charge in [0.1, 0.15) is 5.75 Å². The van der Waals surface area contributed by atoms with Crippen LogP contribution in [0.15, 0.2) is 29.2 Å². The molecule has 3 nitrogen and oxygen atoms in total. The fraction of sp³-hybridized carbons (Fsp3) is 0.571. The number of phenols is 1. The van der Waals surface area contributed by atoms with Crippen molar-refractivity contribution in [3.05, 3.63) is 24.3 Å². The normalized spacial score (nSPS) is 24.9. The van der Waals surface area contributed by atoms with E-state index in [1.807, 2.05) is 0 Å². The van der Waals surface area contributed by atoms with E-state index in [4.69, 9.17) is 0 Å². The third-order valence-electron chi connectivity index (χ3n) is 3.79. The van der Waals surface area contributed by atoms with Gasteiger partial charge < -0.3 is 5.11 Å². The summed E-state index contributed by atoms with van der Waals surface area (Å²) in [7, 11) is -3.21. The molecule has 0 spiro atoms. The van der Waals surface area contributed by atoms with E-state index in [9.17, 15) is 13.5 Å². The second-order valence-electron chi connectivity index (χ2n) is 5.40. The van der Waals surface area contributed by atoms with E-state index >= 15 is 0 Å². The van der Waals surface area contributed by atoms with Gasteiger partial charge in [0.05, 0.1) is 10.6 Å². The molecule has 0 unspecified atom stereocenters. The van der Waals surface area contributed by atoms with Crippen molar-refractivity contribution in [2.24, 2.45) is 11.8 Å². The third-order valence-corrected chi connectivity index (χ3v) is 5.69. The first-order chi connectivity index (χ1) is 8.47. The minimum Gasteiger partial charge on any atom is -0.508 e. The van der Waals surface area contributed by atoms with Crippen LogP contribution in [0.4, 0.5) is 0 Å². The molecule has 1 fully saturated rings. The van der Waals surface area contributed by atoms with Crippen molar-refractivity contribution in [2.75, 3.05) is 5.75 Å². The second kappa shape index (κ2) is 5.31. The highest BCUT2D eigenvalue weighted by molar-refractivity contribution is 7.91. The van der Waals surface area contributed by atoms with Crippen molar-refractivity contribution in [3.8, 4) is 5.75 Å². The van der Waals surface area contributed by atoms with Gasteiger partial charge in [-0.1, -0.05) is 19.8 Å². The number of rotatable bonds is 3. The SMILES string of the molecule is CC1CCC(CS(=O)(=O)c2ccc(O)cc2)CC1. The van der Waals surface area contributed by atoms with E-state index < -0.39 is 9.84 Å². The summed E-state index contributed by atoms with van der Waals surface area (Å²) in [6.45, 7) is 2.23. The molecule has 1 aromatic carbocycles. The first kappa shape index (κ1) is 13.4. The topological polar surface area (TPSA) is 54.4 Å². The average Bonchev–Trinajstić information content (AvgIpc) is 2.32. The summed E-state index contributed by atoms with van der Waals surface area (Å²) in [5.41, 5.74) is 0. The first-order valence-corrected chi connectivity index (χ1v) is 8.14. The molecule has 0 heterocycles. The number of hydrogen-bond acceptors (Lipinski definition) is 3. The van der Waals surface area contributed by atoms with Gasteiger partial charge in [0.2, 0.25) is 0 Å². The lowest BCUT2D eigenvalue weighted by Crippen LogP contribution is -2.21. The Balaban J connectivity index is 2.05. The summed E-state index contributed by atoms with van der Waals surface area (Å²) < 4.78 is 24.4. The fourth-order valence-electron chi connectivity index (χ4n) is 2.56. The van der Waals surface area contributed by atoms with Crippen LogP contribution in [0.3, 0.4) is 0 Å². The van der Waals surface area contributed by atoms with Gasteiger partial charge in [-0.25, -0.2) is 8.42 Å². The van der Waals surface area contributed by atoms with E-state index in [-0.39, 0.29) is 11.5 Å². The van der Waals surface area contributed by atoms with Crippen LogP contribution >= 0.6 is 0 Å². The predicted octanol–water partition coefficient (Wildman–Crippen LogP) is 2.99. The molecule has 1 N–H and O–H groups in total. The Labute approximate surface area is 109 Å². The molecule has 0 amide bonds. The van der Waals surface area contributed by atoms with Gasteiger partial charge in [-0.05, 0) is 48.9 Å². The zero-order chi connectivity index (χ0) is 13.2. The van der Waals surface area contributed by atoms with Crippen molar-refractivity contribution in [1.29, 1.82) is 0 Å². The Bertz CT molecular complexity index is 482. The minimum absolute atomic E-state index is 0.0976. The van der Waals surface area contributed by atoms with Crippen molar-refractivity contribution in [3.63, 3.8) is 0 Å². The fourth-order valence-corrected chi connectivity index (χ4v) is 4.25. The van der Waals surface area contributed by atoms with Crippen molar-refractivity contribution < 1.29 is 13.5 Å². The smallest absolute Gasteiger partial charge is 0.178 e. The Morgan fingerprint density at radius 1 is 1.11 bits per heavy atom. The molecule has 0 radical (unpaired) electrons. The molecule has 1 aliphatic rings. The highest BCUT2D eigenvalue weighted by atomic mass is 32.2. The van der Waals surface area contributed by atoms with E-state index in [1.165, 1.54) is 24.3 Å². The highest BCUT2D eigenvalue weighted by Crippen LogP contribution is 2.30. The van der Waals surface area contributed by atoms with Gasteiger partial charge in [-0.15, -0.1) is 0 Å². The van der Waals surface area contributed by atoms with Gasteiger partial charge >= 0.3 is 0 Å². The average molecular weight is 268 g/mol. The summed E-state index contributed by atoms with van der Waals surface area (Å²) in [4.78, 5) is 0.318. The molecule has 0 aliphatic heterocycles. The molecule has 2 rings (SSSR count). The van der Waals surface area contributed by atoms with Crippen LogP contribution in [0.25, 0.3) is 0 Å². The zero-order valence-corrected chi connectivity index (χ0v) is 11.5. The van der Waals surface area contributed by atoms with Crippen molar-refractivity contribution in [2.45, 2.75) is 37.5 Å². The van der Waals surface area contributed by atoms with Crippen molar-refractivity contribution >= 4 is 9.84 Å². The quantitative estimate of drug-likeness (QED) is 0.917. The summed E-state index contributed by atoms with van der Waals surface area (Å²) >= 11 is 0. The van der Waals surface area contributed by atoms with Crippen LogP contribution in [0.2, 0.25) is 0 Å². The maximum absolute atomic E-state index is 12.2. The Hall–Kier alpha value is -1.03. The third kappa shape index (κ3) is 3.25.